The van der Waals surface area contributed by atoms with Crippen molar-refractivity contribution in [2.75, 3.05) is 0 Å². The molecule has 0 N–H and O–H groups in total. The Kier molecular flexibility index (Phi) is 2.93. The number of pyridine rings is 1. The third-order valence-corrected chi connectivity index (χ3v) is 4.00. The van der Waals surface area contributed by atoms with E-state index in [1.807, 2.05) is 0 Å². The summed E-state index contributed by atoms with van der Waals surface area (Å²) in [5.74, 6) is -0.486. The fourth-order valence-corrected chi connectivity index (χ4v) is 2.72. The lowest BCUT2D eigenvalue weighted by molar-refractivity contribution is 0.590. The molecule has 0 aliphatic carbocycles. The van der Waals surface area contributed by atoms with Gasteiger partial charge in [-0.2, -0.15) is 0 Å². The molecular weight excluding hydrogens is 241 g/mol. The van der Waals surface area contributed by atoms with Crippen molar-refractivity contribution in [3.8, 4) is 0 Å². The molecule has 0 aliphatic heterocycles. The number of halogens is 1. The van der Waals surface area contributed by atoms with E-state index in [1.165, 1.54) is 18.3 Å². The van der Waals surface area contributed by atoms with Gasteiger partial charge in [0.2, 0.25) is 9.84 Å². The van der Waals surface area contributed by atoms with Crippen LogP contribution in [0.4, 0.5) is 4.39 Å². The van der Waals surface area contributed by atoms with Crippen molar-refractivity contribution in [1.82, 2.24) is 4.98 Å². The van der Waals surface area contributed by atoms with Gasteiger partial charge in [0.05, 0.1) is 4.90 Å². The smallest absolute Gasteiger partial charge is 0.224 e. The van der Waals surface area contributed by atoms with Gasteiger partial charge >= 0.3 is 0 Å². The second-order valence-corrected chi connectivity index (χ2v) is 5.29. The highest BCUT2D eigenvalue weighted by molar-refractivity contribution is 7.91. The van der Waals surface area contributed by atoms with Gasteiger partial charge in [0.1, 0.15) is 5.82 Å². The summed E-state index contributed by atoms with van der Waals surface area (Å²) < 4.78 is 37.0. The van der Waals surface area contributed by atoms with Crippen molar-refractivity contribution in [2.45, 2.75) is 9.92 Å². The van der Waals surface area contributed by atoms with E-state index in [2.05, 4.69) is 11.9 Å². The molecule has 0 aliphatic rings. The maximum Gasteiger partial charge on any atom is 0.224 e. The number of hydrogen-bond acceptors (Lipinski definition) is 3. The molecule has 1 heterocycles. The van der Waals surface area contributed by atoms with Gasteiger partial charge in [-0.1, -0.05) is 6.07 Å². The highest BCUT2D eigenvalue weighted by Gasteiger charge is 2.20. The average Bonchev–Trinajstić information content (AvgIpc) is 2.30. The molecule has 3 nitrogen and oxygen atoms in total. The van der Waals surface area contributed by atoms with Crippen molar-refractivity contribution in [1.29, 1.82) is 0 Å². The van der Waals surface area contributed by atoms with Crippen molar-refractivity contribution < 1.29 is 12.8 Å². The Morgan fingerprint density at radius 3 is 2.35 bits per heavy atom. The summed E-state index contributed by atoms with van der Waals surface area (Å²) >= 11 is 0. The van der Waals surface area contributed by atoms with Gasteiger partial charge in [-0.25, -0.2) is 17.8 Å². The molecular formula is C12H9FNO2S. The zero-order chi connectivity index (χ0) is 12.5. The summed E-state index contributed by atoms with van der Waals surface area (Å²) in [5, 5.41) is -0.105. The predicted octanol–water partition coefficient (Wildman–Crippen LogP) is 2.24. The van der Waals surface area contributed by atoms with E-state index in [1.54, 1.807) is 12.1 Å². The summed E-state index contributed by atoms with van der Waals surface area (Å²) in [5.41, 5.74) is 0.317. The molecule has 0 saturated heterocycles. The lowest BCUT2D eigenvalue weighted by Crippen LogP contribution is -2.06. The topological polar surface area (TPSA) is 47.0 Å². The molecule has 2 rings (SSSR count). The Balaban J connectivity index is 2.58. The Bertz CT molecular complexity index is 636. The van der Waals surface area contributed by atoms with Crippen molar-refractivity contribution >= 4 is 9.84 Å². The van der Waals surface area contributed by atoms with Crippen LogP contribution in [0.15, 0.2) is 52.5 Å². The van der Waals surface area contributed by atoms with E-state index in [4.69, 9.17) is 0 Å². The fourth-order valence-electron chi connectivity index (χ4n) is 1.39. The minimum Gasteiger partial charge on any atom is -0.244 e. The van der Waals surface area contributed by atoms with E-state index >= 15 is 0 Å². The predicted molar refractivity (Wildman–Crippen MR) is 60.5 cm³/mol. The highest BCUT2D eigenvalue weighted by Crippen LogP contribution is 2.21. The molecule has 0 spiro atoms. The zero-order valence-electron chi connectivity index (χ0n) is 8.80. The quantitative estimate of drug-likeness (QED) is 0.768. The van der Waals surface area contributed by atoms with Crippen molar-refractivity contribution in [3.05, 3.63) is 60.9 Å². The largest absolute Gasteiger partial charge is 0.244 e. The Morgan fingerprint density at radius 2 is 1.76 bits per heavy atom. The van der Waals surface area contributed by atoms with Crippen LogP contribution in [0.2, 0.25) is 0 Å². The van der Waals surface area contributed by atoms with E-state index in [9.17, 15) is 12.8 Å². The number of nitrogens with zero attached hydrogens (tertiary/aromatic N) is 1. The van der Waals surface area contributed by atoms with Crippen molar-refractivity contribution in [2.24, 2.45) is 0 Å². The summed E-state index contributed by atoms with van der Waals surface area (Å²) in [6.45, 7) is 3.61. The van der Waals surface area contributed by atoms with Gasteiger partial charge in [-0.3, -0.25) is 0 Å². The molecule has 0 amide bonds. The van der Waals surface area contributed by atoms with Crippen LogP contribution < -0.4 is 0 Å². The maximum atomic E-state index is 12.7. The minimum absolute atomic E-state index is 0.00231. The molecule has 0 fully saturated rings. The fraction of sp³-hybridized carbons (Fsp3) is 0. The first-order valence-corrected chi connectivity index (χ1v) is 6.28. The molecule has 0 saturated carbocycles. The summed E-state index contributed by atoms with van der Waals surface area (Å²) in [4.78, 5) is 3.81. The Labute approximate surface area is 98.9 Å². The zero-order valence-corrected chi connectivity index (χ0v) is 9.61. The second-order valence-electron chi connectivity index (χ2n) is 3.43. The third kappa shape index (κ3) is 2.19. The van der Waals surface area contributed by atoms with Gasteiger partial charge < -0.3 is 0 Å². The first-order valence-electron chi connectivity index (χ1n) is 4.79. The summed E-state index contributed by atoms with van der Waals surface area (Å²) in [7, 11) is -3.73. The standard InChI is InChI=1S/C12H9FNO2S/c1-9-3-2-8-14-12(9)17(15,16)11-6-4-10(13)5-7-11/h2-8H,1H2. The van der Waals surface area contributed by atoms with Crippen LogP contribution in [-0.2, 0) is 9.84 Å². The van der Waals surface area contributed by atoms with Crippen molar-refractivity contribution in [3.63, 3.8) is 0 Å². The van der Waals surface area contributed by atoms with E-state index in [0.29, 0.717) is 5.56 Å². The molecule has 1 radical (unpaired) electrons. The van der Waals surface area contributed by atoms with Crippen LogP contribution in [0.3, 0.4) is 0 Å². The lowest BCUT2D eigenvalue weighted by atomic mass is 10.3. The number of aromatic nitrogens is 1. The number of rotatable bonds is 2. The first kappa shape index (κ1) is 11.7. The monoisotopic (exact) mass is 250 g/mol. The van der Waals surface area contributed by atoms with Gasteiger partial charge in [0, 0.05) is 6.20 Å². The first-order chi connectivity index (χ1) is 8.01. The molecule has 0 bridgehead atoms. The molecule has 87 valence electrons. The van der Waals surface area contributed by atoms with E-state index in [0.717, 1.165) is 12.1 Å². The highest BCUT2D eigenvalue weighted by atomic mass is 32.2. The molecule has 1 aromatic heterocycles. The van der Waals surface area contributed by atoms with E-state index in [-0.39, 0.29) is 9.92 Å². The molecule has 5 heteroatoms. The molecule has 0 unspecified atom stereocenters. The normalized spacial score (nSPS) is 11.4. The maximum absolute atomic E-state index is 12.7. The number of sulfone groups is 1. The second kappa shape index (κ2) is 4.25. The Hall–Kier alpha value is -1.75. The summed E-state index contributed by atoms with van der Waals surface area (Å²) in [6.07, 6.45) is 1.38. The molecule has 0 atom stereocenters. The molecule has 1 aromatic carbocycles. The minimum atomic E-state index is -3.73. The van der Waals surface area contributed by atoms with Crippen LogP contribution >= 0.6 is 0 Å². The van der Waals surface area contributed by atoms with Crippen LogP contribution in [-0.4, -0.2) is 13.4 Å². The summed E-state index contributed by atoms with van der Waals surface area (Å²) in [6, 6.07) is 7.77. The van der Waals surface area contributed by atoms with Gasteiger partial charge in [0.25, 0.3) is 0 Å². The average molecular weight is 250 g/mol. The third-order valence-electron chi connectivity index (χ3n) is 2.23. The van der Waals surface area contributed by atoms with Crippen LogP contribution in [0.25, 0.3) is 0 Å². The van der Waals surface area contributed by atoms with E-state index < -0.39 is 15.7 Å². The molecule has 2 aromatic rings. The Morgan fingerprint density at radius 1 is 1.12 bits per heavy atom. The lowest BCUT2D eigenvalue weighted by Gasteiger charge is -2.05. The van der Waals surface area contributed by atoms with Crippen LogP contribution in [0.1, 0.15) is 5.56 Å². The van der Waals surface area contributed by atoms with Gasteiger partial charge in [0.15, 0.2) is 5.03 Å². The SMILES string of the molecule is [CH2]c1cccnc1S(=O)(=O)c1ccc(F)cc1. The van der Waals surface area contributed by atoms with Gasteiger partial charge in [-0.05, 0) is 42.8 Å². The number of hydrogen-bond donors (Lipinski definition) is 0. The van der Waals surface area contributed by atoms with Crippen LogP contribution in [0.5, 0.6) is 0 Å². The molecule has 17 heavy (non-hydrogen) atoms. The number of benzene rings is 1. The van der Waals surface area contributed by atoms with Gasteiger partial charge in [-0.15, -0.1) is 0 Å². The van der Waals surface area contributed by atoms with Crippen LogP contribution in [0, 0.1) is 12.7 Å².